The SMILES string of the molecule is CC(OC(=O)c1ccccc1)C(=O)OCC[N+](C)(C)C. The number of carbonyl (C=O) groups is 2. The maximum absolute atomic E-state index is 11.8. The number of quaternary nitrogens is 1. The van der Waals surface area contributed by atoms with Gasteiger partial charge in [0.15, 0.2) is 6.10 Å². The second-order valence-corrected chi connectivity index (χ2v) is 5.59. The first-order valence-electron chi connectivity index (χ1n) is 6.53. The number of carbonyl (C=O) groups excluding carboxylic acids is 2. The molecule has 0 fully saturated rings. The van der Waals surface area contributed by atoms with Crippen LogP contribution in [0.4, 0.5) is 0 Å². The third-order valence-corrected chi connectivity index (χ3v) is 2.63. The van der Waals surface area contributed by atoms with Crippen LogP contribution in [0.2, 0.25) is 0 Å². The first-order valence-corrected chi connectivity index (χ1v) is 6.53. The summed E-state index contributed by atoms with van der Waals surface area (Å²) in [6.45, 7) is 2.51. The average molecular weight is 280 g/mol. The van der Waals surface area contributed by atoms with E-state index in [4.69, 9.17) is 9.47 Å². The summed E-state index contributed by atoms with van der Waals surface area (Å²) in [5.41, 5.74) is 0.415. The van der Waals surface area contributed by atoms with Crippen LogP contribution in [0.3, 0.4) is 0 Å². The van der Waals surface area contributed by atoms with Crippen molar-refractivity contribution in [2.45, 2.75) is 13.0 Å². The van der Waals surface area contributed by atoms with Gasteiger partial charge in [0.25, 0.3) is 0 Å². The van der Waals surface area contributed by atoms with E-state index in [0.29, 0.717) is 23.2 Å². The number of rotatable bonds is 6. The molecule has 1 rings (SSSR count). The Morgan fingerprint density at radius 1 is 1.15 bits per heavy atom. The lowest BCUT2D eigenvalue weighted by molar-refractivity contribution is -0.870. The number of likely N-dealkylation sites (N-methyl/N-ethyl adjacent to an activating group) is 1. The minimum atomic E-state index is -0.907. The van der Waals surface area contributed by atoms with E-state index in [2.05, 4.69) is 0 Å². The largest absolute Gasteiger partial charge is 0.457 e. The molecule has 5 nitrogen and oxygen atoms in total. The van der Waals surface area contributed by atoms with E-state index in [1.54, 1.807) is 30.3 Å². The Morgan fingerprint density at radius 3 is 2.30 bits per heavy atom. The molecule has 0 N–H and O–H groups in total. The van der Waals surface area contributed by atoms with Crippen molar-refractivity contribution >= 4 is 11.9 Å². The average Bonchev–Trinajstić information content (AvgIpc) is 2.38. The Labute approximate surface area is 119 Å². The van der Waals surface area contributed by atoms with Gasteiger partial charge in [-0.3, -0.25) is 0 Å². The number of hydrogen-bond donors (Lipinski definition) is 0. The highest BCUT2D eigenvalue weighted by Crippen LogP contribution is 2.05. The quantitative estimate of drug-likeness (QED) is 0.585. The highest BCUT2D eigenvalue weighted by molar-refractivity contribution is 5.91. The first-order chi connectivity index (χ1) is 9.29. The summed E-state index contributed by atoms with van der Waals surface area (Å²) < 4.78 is 10.8. The summed E-state index contributed by atoms with van der Waals surface area (Å²) >= 11 is 0. The smallest absolute Gasteiger partial charge is 0.347 e. The molecule has 0 amide bonds. The Bertz CT molecular complexity index is 451. The van der Waals surface area contributed by atoms with E-state index < -0.39 is 18.0 Å². The second kappa shape index (κ2) is 7.05. The Morgan fingerprint density at radius 2 is 1.75 bits per heavy atom. The van der Waals surface area contributed by atoms with Crippen molar-refractivity contribution in [3.8, 4) is 0 Å². The van der Waals surface area contributed by atoms with Gasteiger partial charge in [0, 0.05) is 0 Å². The summed E-state index contributed by atoms with van der Waals surface area (Å²) in [5, 5.41) is 0. The monoisotopic (exact) mass is 280 g/mol. The third kappa shape index (κ3) is 5.84. The zero-order valence-corrected chi connectivity index (χ0v) is 12.5. The number of hydrogen-bond acceptors (Lipinski definition) is 4. The predicted molar refractivity (Wildman–Crippen MR) is 75.2 cm³/mol. The highest BCUT2D eigenvalue weighted by Gasteiger charge is 2.20. The van der Waals surface area contributed by atoms with Crippen molar-refractivity contribution in [1.29, 1.82) is 0 Å². The molecule has 0 spiro atoms. The fourth-order valence-electron chi connectivity index (χ4n) is 1.39. The van der Waals surface area contributed by atoms with E-state index >= 15 is 0 Å². The van der Waals surface area contributed by atoms with Crippen LogP contribution in [0.25, 0.3) is 0 Å². The zero-order chi connectivity index (χ0) is 15.2. The van der Waals surface area contributed by atoms with Crippen molar-refractivity contribution in [1.82, 2.24) is 0 Å². The maximum atomic E-state index is 11.8. The molecule has 0 bridgehead atoms. The molecule has 0 saturated heterocycles. The van der Waals surface area contributed by atoms with E-state index in [1.165, 1.54) is 6.92 Å². The summed E-state index contributed by atoms with van der Waals surface area (Å²) in [4.78, 5) is 23.4. The van der Waals surface area contributed by atoms with Crippen molar-refractivity contribution in [2.24, 2.45) is 0 Å². The highest BCUT2D eigenvalue weighted by atomic mass is 16.6. The predicted octanol–water partition coefficient (Wildman–Crippen LogP) is 1.48. The van der Waals surface area contributed by atoms with E-state index in [9.17, 15) is 9.59 Å². The molecule has 5 heteroatoms. The van der Waals surface area contributed by atoms with Gasteiger partial charge < -0.3 is 14.0 Å². The van der Waals surface area contributed by atoms with Gasteiger partial charge in [0.1, 0.15) is 13.2 Å². The molecule has 1 atom stereocenters. The molecular weight excluding hydrogens is 258 g/mol. The minimum absolute atomic E-state index is 0.301. The number of nitrogens with zero attached hydrogens (tertiary/aromatic N) is 1. The van der Waals surface area contributed by atoms with Crippen molar-refractivity contribution in [3.63, 3.8) is 0 Å². The lowest BCUT2D eigenvalue weighted by atomic mass is 10.2. The van der Waals surface area contributed by atoms with Crippen molar-refractivity contribution < 1.29 is 23.5 Å². The van der Waals surface area contributed by atoms with Gasteiger partial charge in [0.05, 0.1) is 26.7 Å². The van der Waals surface area contributed by atoms with E-state index in [1.807, 2.05) is 21.1 Å². The third-order valence-electron chi connectivity index (χ3n) is 2.63. The van der Waals surface area contributed by atoms with Gasteiger partial charge in [0.2, 0.25) is 0 Å². The lowest BCUT2D eigenvalue weighted by Crippen LogP contribution is -2.39. The van der Waals surface area contributed by atoms with Crippen molar-refractivity contribution in [3.05, 3.63) is 35.9 Å². The number of esters is 2. The fraction of sp³-hybridized carbons (Fsp3) is 0.467. The Hall–Kier alpha value is -1.88. The lowest BCUT2D eigenvalue weighted by Gasteiger charge is -2.23. The Balaban J connectivity index is 2.40. The van der Waals surface area contributed by atoms with Gasteiger partial charge in [-0.1, -0.05) is 18.2 Å². The molecule has 0 saturated carbocycles. The molecule has 1 aromatic rings. The molecule has 0 aliphatic carbocycles. The molecular formula is C15H22NO4+. The summed E-state index contributed by atoms with van der Waals surface area (Å²) in [6, 6.07) is 8.55. The molecule has 20 heavy (non-hydrogen) atoms. The molecule has 0 radical (unpaired) electrons. The van der Waals surface area contributed by atoms with Crippen LogP contribution in [0.5, 0.6) is 0 Å². The summed E-state index contributed by atoms with van der Waals surface area (Å²) in [7, 11) is 6.02. The molecule has 0 aliphatic rings. The van der Waals surface area contributed by atoms with Crippen molar-refractivity contribution in [2.75, 3.05) is 34.3 Å². The second-order valence-electron chi connectivity index (χ2n) is 5.59. The normalized spacial score (nSPS) is 12.6. The van der Waals surface area contributed by atoms with Crippen LogP contribution in [0, 0.1) is 0 Å². The van der Waals surface area contributed by atoms with Gasteiger partial charge in [-0.25, -0.2) is 9.59 Å². The van der Waals surface area contributed by atoms with E-state index in [-0.39, 0.29) is 0 Å². The molecule has 0 aromatic heterocycles. The molecule has 110 valence electrons. The maximum Gasteiger partial charge on any atom is 0.347 e. The van der Waals surface area contributed by atoms with Crippen LogP contribution < -0.4 is 0 Å². The molecule has 0 aliphatic heterocycles. The van der Waals surface area contributed by atoms with Gasteiger partial charge in [-0.2, -0.15) is 0 Å². The van der Waals surface area contributed by atoms with E-state index in [0.717, 1.165) is 0 Å². The molecule has 0 heterocycles. The van der Waals surface area contributed by atoms with Gasteiger partial charge >= 0.3 is 11.9 Å². The zero-order valence-electron chi connectivity index (χ0n) is 12.5. The molecule has 1 aromatic carbocycles. The van der Waals surface area contributed by atoms with Gasteiger partial charge in [-0.05, 0) is 19.1 Å². The van der Waals surface area contributed by atoms with Crippen LogP contribution in [-0.4, -0.2) is 56.8 Å². The van der Waals surface area contributed by atoms with Crippen LogP contribution in [0.15, 0.2) is 30.3 Å². The van der Waals surface area contributed by atoms with Crippen LogP contribution in [0.1, 0.15) is 17.3 Å². The Kier molecular flexibility index (Phi) is 5.70. The van der Waals surface area contributed by atoms with Gasteiger partial charge in [-0.15, -0.1) is 0 Å². The van der Waals surface area contributed by atoms with Crippen LogP contribution in [-0.2, 0) is 14.3 Å². The number of ether oxygens (including phenoxy) is 2. The topological polar surface area (TPSA) is 52.6 Å². The number of benzene rings is 1. The standard InChI is InChI=1S/C15H22NO4/c1-12(14(17)19-11-10-16(2,3)4)20-15(18)13-8-6-5-7-9-13/h5-9,12H,10-11H2,1-4H3/q+1. The minimum Gasteiger partial charge on any atom is -0.457 e. The molecule has 1 unspecified atom stereocenters. The summed E-state index contributed by atoms with van der Waals surface area (Å²) in [5.74, 6) is -1.05. The van der Waals surface area contributed by atoms with Crippen LogP contribution >= 0.6 is 0 Å². The summed E-state index contributed by atoms with van der Waals surface area (Å²) in [6.07, 6.45) is -0.907. The first kappa shape index (κ1) is 16.2. The fourth-order valence-corrected chi connectivity index (χ4v) is 1.39.